The van der Waals surface area contributed by atoms with E-state index < -0.39 is 0 Å². The second-order valence-electron chi connectivity index (χ2n) is 3.84. The van der Waals surface area contributed by atoms with Crippen LogP contribution in [0.2, 0.25) is 0 Å². The minimum Gasteiger partial charge on any atom is -0.370 e. The van der Waals surface area contributed by atoms with E-state index in [0.717, 1.165) is 30.0 Å². The summed E-state index contributed by atoms with van der Waals surface area (Å²) in [5.74, 6) is 3.53. The molecule has 1 aromatic heterocycles. The van der Waals surface area contributed by atoms with Crippen LogP contribution in [0, 0.1) is 18.8 Å². The molecule has 0 bridgehead atoms. The minimum absolute atomic E-state index is 0.828. The molecule has 1 heterocycles. The lowest BCUT2D eigenvalue weighted by Crippen LogP contribution is -2.06. The molecule has 0 radical (unpaired) electrons. The van der Waals surface area contributed by atoms with Crippen LogP contribution in [0.15, 0.2) is 12.3 Å². The van der Waals surface area contributed by atoms with Crippen molar-refractivity contribution in [3.8, 4) is 0 Å². The van der Waals surface area contributed by atoms with Gasteiger partial charge in [-0.05, 0) is 31.2 Å². The highest BCUT2D eigenvalue weighted by molar-refractivity contribution is 5.33. The van der Waals surface area contributed by atoms with Crippen LogP contribution in [0.1, 0.15) is 19.2 Å². The summed E-state index contributed by atoms with van der Waals surface area (Å²) in [6.07, 6.45) is 3.15. The van der Waals surface area contributed by atoms with Crippen molar-refractivity contribution in [1.82, 2.24) is 9.97 Å². The van der Waals surface area contributed by atoms with E-state index in [4.69, 9.17) is 0 Å². The minimum atomic E-state index is 0.828. The van der Waals surface area contributed by atoms with E-state index in [2.05, 4.69) is 22.2 Å². The number of hydrogen-bond donors (Lipinski definition) is 1. The maximum atomic E-state index is 4.28. The van der Waals surface area contributed by atoms with E-state index in [1.807, 2.05) is 13.0 Å². The Morgan fingerprint density at radius 1 is 1.62 bits per heavy atom. The molecule has 1 saturated carbocycles. The van der Waals surface area contributed by atoms with Gasteiger partial charge < -0.3 is 5.32 Å². The molecular weight excluding hydrogens is 162 g/mol. The quantitative estimate of drug-likeness (QED) is 0.765. The summed E-state index contributed by atoms with van der Waals surface area (Å²) in [5, 5.41) is 3.33. The third-order valence-corrected chi connectivity index (χ3v) is 2.60. The molecule has 0 amide bonds. The zero-order valence-electron chi connectivity index (χ0n) is 8.12. The Labute approximate surface area is 78.6 Å². The average molecular weight is 177 g/mol. The van der Waals surface area contributed by atoms with Gasteiger partial charge in [0.05, 0.1) is 0 Å². The van der Waals surface area contributed by atoms with Gasteiger partial charge in [0.2, 0.25) is 0 Å². The first kappa shape index (κ1) is 8.48. The number of rotatable bonds is 3. The van der Waals surface area contributed by atoms with Crippen LogP contribution in [-0.4, -0.2) is 16.5 Å². The fourth-order valence-corrected chi connectivity index (χ4v) is 1.47. The van der Waals surface area contributed by atoms with Crippen LogP contribution in [-0.2, 0) is 0 Å². The smallest absolute Gasteiger partial charge is 0.129 e. The Morgan fingerprint density at radius 2 is 2.38 bits per heavy atom. The van der Waals surface area contributed by atoms with Crippen LogP contribution >= 0.6 is 0 Å². The SMILES string of the molecule is Cc1nccc(NCC2CC2C)n1. The summed E-state index contributed by atoms with van der Waals surface area (Å²) in [7, 11) is 0. The lowest BCUT2D eigenvalue weighted by molar-refractivity contribution is 0.783. The monoisotopic (exact) mass is 177 g/mol. The molecule has 0 aliphatic heterocycles. The molecule has 13 heavy (non-hydrogen) atoms. The van der Waals surface area contributed by atoms with E-state index in [1.165, 1.54) is 6.42 Å². The molecule has 0 aromatic carbocycles. The number of hydrogen-bond acceptors (Lipinski definition) is 3. The molecule has 1 aromatic rings. The van der Waals surface area contributed by atoms with Gasteiger partial charge in [0.15, 0.2) is 0 Å². The van der Waals surface area contributed by atoms with E-state index in [0.29, 0.717) is 0 Å². The largest absolute Gasteiger partial charge is 0.370 e. The van der Waals surface area contributed by atoms with Gasteiger partial charge in [0, 0.05) is 12.7 Å². The van der Waals surface area contributed by atoms with Crippen molar-refractivity contribution in [1.29, 1.82) is 0 Å². The zero-order valence-corrected chi connectivity index (χ0v) is 8.12. The zero-order chi connectivity index (χ0) is 9.26. The first-order valence-corrected chi connectivity index (χ1v) is 4.79. The Balaban J connectivity index is 1.87. The molecule has 3 heteroatoms. The van der Waals surface area contributed by atoms with Gasteiger partial charge in [-0.2, -0.15) is 0 Å². The van der Waals surface area contributed by atoms with E-state index in [9.17, 15) is 0 Å². The highest BCUT2D eigenvalue weighted by Gasteiger charge is 2.31. The molecule has 1 fully saturated rings. The van der Waals surface area contributed by atoms with Gasteiger partial charge in [-0.25, -0.2) is 9.97 Å². The van der Waals surface area contributed by atoms with Gasteiger partial charge in [-0.3, -0.25) is 0 Å². The van der Waals surface area contributed by atoms with Gasteiger partial charge in [0.25, 0.3) is 0 Å². The molecule has 2 atom stereocenters. The molecule has 70 valence electrons. The summed E-state index contributed by atoms with van der Waals surface area (Å²) in [6, 6.07) is 1.92. The highest BCUT2D eigenvalue weighted by atomic mass is 15.0. The molecule has 1 aliphatic rings. The normalized spacial score (nSPS) is 25.7. The van der Waals surface area contributed by atoms with Gasteiger partial charge >= 0.3 is 0 Å². The molecule has 3 nitrogen and oxygen atoms in total. The molecule has 2 unspecified atom stereocenters. The third kappa shape index (κ3) is 2.17. The van der Waals surface area contributed by atoms with E-state index in [1.54, 1.807) is 6.20 Å². The predicted octanol–water partition coefficient (Wildman–Crippen LogP) is 1.85. The molecule has 2 rings (SSSR count). The van der Waals surface area contributed by atoms with Crippen molar-refractivity contribution in [2.45, 2.75) is 20.3 Å². The maximum Gasteiger partial charge on any atom is 0.129 e. The summed E-state index contributed by atoms with van der Waals surface area (Å²) >= 11 is 0. The Hall–Kier alpha value is -1.12. The summed E-state index contributed by atoms with van der Waals surface area (Å²) in [5.41, 5.74) is 0. The predicted molar refractivity (Wildman–Crippen MR) is 52.5 cm³/mol. The number of aromatic nitrogens is 2. The second-order valence-corrected chi connectivity index (χ2v) is 3.84. The molecule has 1 aliphatic carbocycles. The number of nitrogens with one attached hydrogen (secondary N) is 1. The second kappa shape index (κ2) is 3.32. The third-order valence-electron chi connectivity index (χ3n) is 2.60. The summed E-state index contributed by atoms with van der Waals surface area (Å²) < 4.78 is 0. The first-order chi connectivity index (χ1) is 6.25. The molecular formula is C10H15N3. The Kier molecular flexibility index (Phi) is 2.17. The first-order valence-electron chi connectivity index (χ1n) is 4.79. The molecule has 0 saturated heterocycles. The summed E-state index contributed by atoms with van der Waals surface area (Å²) in [4.78, 5) is 8.32. The highest BCUT2D eigenvalue weighted by Crippen LogP contribution is 2.37. The van der Waals surface area contributed by atoms with Crippen LogP contribution in [0.4, 0.5) is 5.82 Å². The average Bonchev–Trinajstić information content (AvgIpc) is 2.79. The van der Waals surface area contributed by atoms with Crippen LogP contribution in [0.3, 0.4) is 0 Å². The Bertz CT molecular complexity index is 298. The molecule has 0 spiro atoms. The van der Waals surface area contributed by atoms with Crippen molar-refractivity contribution in [2.24, 2.45) is 11.8 Å². The number of anilines is 1. The van der Waals surface area contributed by atoms with Crippen molar-refractivity contribution in [2.75, 3.05) is 11.9 Å². The van der Waals surface area contributed by atoms with Gasteiger partial charge in [-0.1, -0.05) is 6.92 Å². The fraction of sp³-hybridized carbons (Fsp3) is 0.600. The van der Waals surface area contributed by atoms with Gasteiger partial charge in [0.1, 0.15) is 11.6 Å². The van der Waals surface area contributed by atoms with Crippen LogP contribution in [0.5, 0.6) is 0 Å². The van der Waals surface area contributed by atoms with Crippen molar-refractivity contribution >= 4 is 5.82 Å². The standard InChI is InChI=1S/C10H15N3/c1-7-5-9(7)6-12-10-3-4-11-8(2)13-10/h3-4,7,9H,5-6H2,1-2H3,(H,11,12,13). The number of nitrogens with zero attached hydrogens (tertiary/aromatic N) is 2. The van der Waals surface area contributed by atoms with Gasteiger partial charge in [-0.15, -0.1) is 0 Å². The molecule has 1 N–H and O–H groups in total. The van der Waals surface area contributed by atoms with Crippen molar-refractivity contribution in [3.05, 3.63) is 18.1 Å². The lowest BCUT2D eigenvalue weighted by Gasteiger charge is -2.03. The topological polar surface area (TPSA) is 37.8 Å². The maximum absolute atomic E-state index is 4.28. The fourth-order valence-electron chi connectivity index (χ4n) is 1.47. The lowest BCUT2D eigenvalue weighted by atomic mass is 10.3. The Morgan fingerprint density at radius 3 is 3.00 bits per heavy atom. The van der Waals surface area contributed by atoms with E-state index in [-0.39, 0.29) is 0 Å². The van der Waals surface area contributed by atoms with Crippen LogP contribution in [0.25, 0.3) is 0 Å². The van der Waals surface area contributed by atoms with E-state index >= 15 is 0 Å². The number of aryl methyl sites for hydroxylation is 1. The summed E-state index contributed by atoms with van der Waals surface area (Å²) in [6.45, 7) is 5.25. The van der Waals surface area contributed by atoms with Crippen LogP contribution < -0.4 is 5.32 Å². The van der Waals surface area contributed by atoms with Crippen molar-refractivity contribution < 1.29 is 0 Å². The van der Waals surface area contributed by atoms with Crippen molar-refractivity contribution in [3.63, 3.8) is 0 Å².